The van der Waals surface area contributed by atoms with Crippen LogP contribution in [0.2, 0.25) is 0 Å². The molecule has 3 nitrogen and oxygen atoms in total. The third-order valence-electron chi connectivity index (χ3n) is 14.3. The summed E-state index contributed by atoms with van der Waals surface area (Å²) in [5, 5.41) is 5.28. The standard InChI is InChI=1S/C60H42N2OS2/c1-2-13-39(14-3-1)62-51-23-7-4-17-50(51)56-52(62)36-35-47-46-20-12-24-53(57(46)63-58(47)56)61(40-31-27-37(28-32-40)42-18-10-21-48-44-15-5-8-25-54(44)64-59(42)48)41-33-29-38(30-34-41)43-19-11-22-49-45-16-6-9-26-55(45)65-60(43)49/h1-11,13-19,21-36,47,50-51,58H,12,20H2. The fourth-order valence-corrected chi connectivity index (χ4v) is 13.9. The predicted octanol–water partition coefficient (Wildman–Crippen LogP) is 16.3. The van der Waals surface area contributed by atoms with Crippen molar-refractivity contribution in [3.05, 3.63) is 235 Å². The molecule has 0 saturated heterocycles. The van der Waals surface area contributed by atoms with Crippen molar-refractivity contribution in [2.45, 2.75) is 25.0 Å². The molecule has 5 aliphatic rings. The number of benzene rings is 7. The van der Waals surface area contributed by atoms with Crippen LogP contribution in [0.1, 0.15) is 12.8 Å². The molecular weight excluding hydrogens is 829 g/mol. The molecule has 3 aliphatic carbocycles. The van der Waals surface area contributed by atoms with Crippen LogP contribution in [0.15, 0.2) is 235 Å². The first-order valence-corrected chi connectivity index (χ1v) is 24.4. The Balaban J connectivity index is 0.873. The molecule has 2 aliphatic heterocycles. The zero-order valence-corrected chi connectivity index (χ0v) is 37.1. The average Bonchev–Trinajstić information content (AvgIpc) is 4.14. The first-order valence-electron chi connectivity index (χ1n) is 22.8. The summed E-state index contributed by atoms with van der Waals surface area (Å²) in [6.45, 7) is 0. The summed E-state index contributed by atoms with van der Waals surface area (Å²) in [7, 11) is 0. The number of ether oxygens (including phenoxy) is 1. The van der Waals surface area contributed by atoms with Crippen LogP contribution in [0.25, 0.3) is 62.6 Å². The number of nitrogens with zero attached hydrogens (tertiary/aromatic N) is 2. The quantitative estimate of drug-likeness (QED) is 0.166. The van der Waals surface area contributed by atoms with E-state index >= 15 is 0 Å². The summed E-state index contributed by atoms with van der Waals surface area (Å²) in [5.41, 5.74) is 13.6. The average molecular weight is 871 g/mol. The molecule has 14 rings (SSSR count). The highest BCUT2D eigenvalue weighted by molar-refractivity contribution is 7.26. The van der Waals surface area contributed by atoms with Crippen molar-refractivity contribution in [2.24, 2.45) is 11.8 Å². The molecule has 4 atom stereocenters. The van der Waals surface area contributed by atoms with Gasteiger partial charge in [0.25, 0.3) is 0 Å². The number of para-hydroxylation sites is 1. The lowest BCUT2D eigenvalue weighted by atomic mass is 9.78. The topological polar surface area (TPSA) is 15.7 Å². The van der Waals surface area contributed by atoms with Crippen molar-refractivity contribution in [3.8, 4) is 22.3 Å². The Hall–Kier alpha value is -7.18. The molecule has 0 amide bonds. The lowest BCUT2D eigenvalue weighted by Gasteiger charge is -2.31. The summed E-state index contributed by atoms with van der Waals surface area (Å²) >= 11 is 3.77. The molecule has 0 fully saturated rings. The van der Waals surface area contributed by atoms with E-state index in [1.54, 1.807) is 0 Å². The van der Waals surface area contributed by atoms with Gasteiger partial charge in [-0.05, 0) is 95.3 Å². The van der Waals surface area contributed by atoms with Crippen LogP contribution in [0.5, 0.6) is 0 Å². The molecule has 4 unspecified atom stereocenters. The van der Waals surface area contributed by atoms with Gasteiger partial charge in [0.15, 0.2) is 0 Å². The molecule has 2 aromatic heterocycles. The summed E-state index contributed by atoms with van der Waals surface area (Å²) in [6.07, 6.45) is 18.3. The Morgan fingerprint density at radius 3 is 1.77 bits per heavy atom. The maximum atomic E-state index is 7.47. The van der Waals surface area contributed by atoms with Gasteiger partial charge in [0.2, 0.25) is 0 Å². The minimum atomic E-state index is -0.0611. The van der Waals surface area contributed by atoms with E-state index in [1.165, 1.54) is 85.1 Å². The van der Waals surface area contributed by atoms with E-state index in [4.69, 9.17) is 4.74 Å². The Labute approximate surface area is 386 Å². The largest absolute Gasteiger partial charge is 0.483 e. The molecule has 0 saturated carbocycles. The van der Waals surface area contributed by atoms with Gasteiger partial charge in [-0.25, -0.2) is 0 Å². The van der Waals surface area contributed by atoms with Gasteiger partial charge < -0.3 is 14.5 Å². The highest BCUT2D eigenvalue weighted by atomic mass is 32.1. The van der Waals surface area contributed by atoms with Crippen molar-refractivity contribution in [3.63, 3.8) is 0 Å². The highest BCUT2D eigenvalue weighted by Crippen LogP contribution is 2.54. The number of allylic oxidation sites excluding steroid dienone is 4. The van der Waals surface area contributed by atoms with Crippen molar-refractivity contribution in [1.82, 2.24) is 0 Å². The van der Waals surface area contributed by atoms with Gasteiger partial charge in [-0.3, -0.25) is 0 Å². The fourth-order valence-electron chi connectivity index (χ4n) is 11.4. The smallest absolute Gasteiger partial charge is 0.143 e. The van der Waals surface area contributed by atoms with Gasteiger partial charge >= 0.3 is 0 Å². The molecule has 0 N–H and O–H groups in total. The van der Waals surface area contributed by atoms with Gasteiger partial charge in [-0.2, -0.15) is 0 Å². The molecule has 0 bridgehead atoms. The van der Waals surface area contributed by atoms with Gasteiger partial charge in [-0.1, -0.05) is 152 Å². The van der Waals surface area contributed by atoms with Crippen molar-refractivity contribution in [1.29, 1.82) is 0 Å². The van der Waals surface area contributed by atoms with E-state index in [9.17, 15) is 0 Å². The van der Waals surface area contributed by atoms with Gasteiger partial charge in [0.05, 0.1) is 11.7 Å². The third kappa shape index (κ3) is 5.72. The molecule has 5 heteroatoms. The van der Waals surface area contributed by atoms with Crippen molar-refractivity contribution in [2.75, 3.05) is 9.80 Å². The van der Waals surface area contributed by atoms with E-state index in [1.807, 2.05) is 22.7 Å². The first kappa shape index (κ1) is 37.2. The number of hydrogen-bond acceptors (Lipinski definition) is 5. The summed E-state index contributed by atoms with van der Waals surface area (Å²) in [5.74, 6) is 1.47. The van der Waals surface area contributed by atoms with E-state index < -0.39 is 0 Å². The molecule has 0 spiro atoms. The second kappa shape index (κ2) is 14.7. The number of fused-ring (bicyclic) bond motifs is 11. The van der Waals surface area contributed by atoms with Gasteiger partial charge in [-0.15, -0.1) is 22.7 Å². The lowest BCUT2D eigenvalue weighted by Crippen LogP contribution is -2.32. The molecule has 7 aromatic carbocycles. The second-order valence-electron chi connectivity index (χ2n) is 17.7. The second-order valence-corrected chi connectivity index (χ2v) is 19.8. The van der Waals surface area contributed by atoms with E-state index in [0.29, 0.717) is 0 Å². The zero-order chi connectivity index (χ0) is 42.6. The van der Waals surface area contributed by atoms with E-state index in [2.05, 4.69) is 216 Å². The number of thiophene rings is 2. The first-order chi connectivity index (χ1) is 32.2. The van der Waals surface area contributed by atoms with Crippen molar-refractivity contribution < 1.29 is 4.74 Å². The van der Waals surface area contributed by atoms with Gasteiger partial charge in [0, 0.05) is 80.5 Å². The summed E-state index contributed by atoms with van der Waals surface area (Å²) < 4.78 is 12.8. The Morgan fingerprint density at radius 2 is 1.12 bits per heavy atom. The number of rotatable bonds is 6. The molecule has 65 heavy (non-hydrogen) atoms. The van der Waals surface area contributed by atoms with E-state index in [-0.39, 0.29) is 24.0 Å². The SMILES string of the molecule is C1=CC2C3=C(C=CC4C5=C(OC34)C(N(c3ccc(-c4cccc6c4sc4ccccc46)cc3)c3ccc(-c4cccc6c4sc4ccccc46)cc3)=CCC5)N(c3ccccc3)C2C=C1. The van der Waals surface area contributed by atoms with Crippen LogP contribution in [-0.2, 0) is 4.74 Å². The number of anilines is 3. The normalized spacial score (nSPS) is 20.7. The summed E-state index contributed by atoms with van der Waals surface area (Å²) in [4.78, 5) is 4.98. The van der Waals surface area contributed by atoms with Crippen LogP contribution in [0.3, 0.4) is 0 Å². The zero-order valence-electron chi connectivity index (χ0n) is 35.5. The van der Waals surface area contributed by atoms with Crippen LogP contribution >= 0.6 is 22.7 Å². The Morgan fingerprint density at radius 1 is 0.538 bits per heavy atom. The Bertz CT molecular complexity index is 3440. The molecular formula is C60H42N2OS2. The summed E-state index contributed by atoms with van der Waals surface area (Å²) in [6, 6.07) is 60.6. The van der Waals surface area contributed by atoms with Crippen LogP contribution < -0.4 is 9.80 Å². The van der Waals surface area contributed by atoms with Crippen LogP contribution in [-0.4, -0.2) is 12.1 Å². The maximum absolute atomic E-state index is 7.47. The van der Waals surface area contributed by atoms with Crippen LogP contribution in [0, 0.1) is 11.8 Å². The lowest BCUT2D eigenvalue weighted by molar-refractivity contribution is 0.152. The molecule has 4 heterocycles. The molecule has 9 aromatic rings. The van der Waals surface area contributed by atoms with Crippen molar-refractivity contribution >= 4 is 80.1 Å². The highest BCUT2D eigenvalue weighted by Gasteiger charge is 2.50. The molecule has 0 radical (unpaired) electrons. The fraction of sp³-hybridized carbons (Fsp3) is 0.100. The minimum absolute atomic E-state index is 0.0611. The molecule has 310 valence electrons. The maximum Gasteiger partial charge on any atom is 0.143 e. The number of hydrogen-bond donors (Lipinski definition) is 0. The Kier molecular flexibility index (Phi) is 8.41. The minimum Gasteiger partial charge on any atom is -0.483 e. The van der Waals surface area contributed by atoms with Gasteiger partial charge in [0.1, 0.15) is 11.9 Å². The monoisotopic (exact) mass is 870 g/mol. The van der Waals surface area contributed by atoms with Crippen LogP contribution in [0.4, 0.5) is 17.1 Å². The predicted molar refractivity (Wildman–Crippen MR) is 275 cm³/mol. The third-order valence-corrected chi connectivity index (χ3v) is 16.7. The van der Waals surface area contributed by atoms with E-state index in [0.717, 1.165) is 35.7 Å².